The summed E-state index contributed by atoms with van der Waals surface area (Å²) in [5.74, 6) is 0.0330. The molecule has 1 aliphatic rings. The average molecular weight is 288 g/mol. The fraction of sp³-hybridized carbons (Fsp3) is 0.529. The highest BCUT2D eigenvalue weighted by Gasteiger charge is 2.33. The molecule has 0 aromatic heterocycles. The van der Waals surface area contributed by atoms with Crippen LogP contribution in [0.1, 0.15) is 51.1 Å². The van der Waals surface area contributed by atoms with Gasteiger partial charge in [-0.05, 0) is 18.4 Å². The molecule has 2 rings (SSSR count). The standard InChI is InChI=1S/C17H24N2O2/c1-3-8-14-17(21)19(12-11-16(20)18-14)15(4-2)13-9-6-5-7-10-13/h5-7,9-10,14-15H,3-4,8,11-12H2,1-2H3,(H,18,20). The van der Waals surface area contributed by atoms with Gasteiger partial charge in [-0.1, -0.05) is 50.6 Å². The zero-order valence-electron chi connectivity index (χ0n) is 12.8. The van der Waals surface area contributed by atoms with E-state index in [0.717, 1.165) is 18.4 Å². The number of benzene rings is 1. The van der Waals surface area contributed by atoms with Crippen molar-refractivity contribution in [3.8, 4) is 0 Å². The van der Waals surface area contributed by atoms with Gasteiger partial charge < -0.3 is 10.2 Å². The number of carbonyl (C=O) groups excluding carboxylic acids is 2. The second kappa shape index (κ2) is 7.25. The first-order valence-electron chi connectivity index (χ1n) is 7.82. The van der Waals surface area contributed by atoms with Gasteiger partial charge in [0, 0.05) is 13.0 Å². The Kier molecular flexibility index (Phi) is 5.37. The minimum atomic E-state index is -0.372. The van der Waals surface area contributed by atoms with E-state index in [9.17, 15) is 9.59 Å². The van der Waals surface area contributed by atoms with Crippen LogP contribution in [0.25, 0.3) is 0 Å². The van der Waals surface area contributed by atoms with Gasteiger partial charge in [0.25, 0.3) is 0 Å². The van der Waals surface area contributed by atoms with Gasteiger partial charge in [-0.3, -0.25) is 9.59 Å². The first-order chi connectivity index (χ1) is 10.2. The minimum absolute atomic E-state index is 0.0211. The number of rotatable bonds is 5. The van der Waals surface area contributed by atoms with Crippen LogP contribution >= 0.6 is 0 Å². The number of hydrogen-bond acceptors (Lipinski definition) is 2. The predicted octanol–water partition coefficient (Wildman–Crippen LogP) is 2.65. The molecule has 2 amide bonds. The van der Waals surface area contributed by atoms with Crippen LogP contribution in [0.5, 0.6) is 0 Å². The highest BCUT2D eigenvalue weighted by molar-refractivity contribution is 5.90. The van der Waals surface area contributed by atoms with Crippen molar-refractivity contribution in [2.45, 2.75) is 51.6 Å². The molecular formula is C17H24N2O2. The fourth-order valence-corrected chi connectivity index (χ4v) is 2.97. The van der Waals surface area contributed by atoms with E-state index < -0.39 is 0 Å². The van der Waals surface area contributed by atoms with E-state index in [-0.39, 0.29) is 23.9 Å². The maximum atomic E-state index is 12.8. The summed E-state index contributed by atoms with van der Waals surface area (Å²) in [6, 6.07) is 9.74. The highest BCUT2D eigenvalue weighted by Crippen LogP contribution is 2.26. The quantitative estimate of drug-likeness (QED) is 0.905. The van der Waals surface area contributed by atoms with Crippen molar-refractivity contribution in [3.05, 3.63) is 35.9 Å². The summed E-state index contributed by atoms with van der Waals surface area (Å²) in [4.78, 5) is 26.5. The Labute approximate surface area is 126 Å². The molecule has 1 fully saturated rings. The number of nitrogens with one attached hydrogen (secondary N) is 1. The van der Waals surface area contributed by atoms with Gasteiger partial charge in [0.2, 0.25) is 11.8 Å². The fourth-order valence-electron chi connectivity index (χ4n) is 2.97. The molecule has 4 heteroatoms. The Morgan fingerprint density at radius 3 is 2.57 bits per heavy atom. The third kappa shape index (κ3) is 3.63. The summed E-state index contributed by atoms with van der Waals surface area (Å²) in [5, 5.41) is 2.86. The van der Waals surface area contributed by atoms with Crippen LogP contribution in [0, 0.1) is 0 Å². The maximum Gasteiger partial charge on any atom is 0.245 e. The van der Waals surface area contributed by atoms with Gasteiger partial charge in [0.1, 0.15) is 6.04 Å². The van der Waals surface area contributed by atoms with Crippen LogP contribution in [-0.4, -0.2) is 29.3 Å². The summed E-state index contributed by atoms with van der Waals surface area (Å²) in [6.07, 6.45) is 2.82. The SMILES string of the molecule is CCCC1NC(=O)CCN(C(CC)c2ccccc2)C1=O. The van der Waals surface area contributed by atoms with E-state index in [1.54, 1.807) is 0 Å². The van der Waals surface area contributed by atoms with Crippen molar-refractivity contribution in [2.24, 2.45) is 0 Å². The third-order valence-corrected chi connectivity index (χ3v) is 4.02. The van der Waals surface area contributed by atoms with Crippen molar-refractivity contribution in [1.82, 2.24) is 10.2 Å². The monoisotopic (exact) mass is 288 g/mol. The van der Waals surface area contributed by atoms with Crippen molar-refractivity contribution < 1.29 is 9.59 Å². The molecule has 1 aromatic carbocycles. The van der Waals surface area contributed by atoms with Crippen LogP contribution in [0.4, 0.5) is 0 Å². The molecule has 1 N–H and O–H groups in total. The van der Waals surface area contributed by atoms with Crippen molar-refractivity contribution in [3.63, 3.8) is 0 Å². The van der Waals surface area contributed by atoms with Gasteiger partial charge >= 0.3 is 0 Å². The van der Waals surface area contributed by atoms with Crippen molar-refractivity contribution in [1.29, 1.82) is 0 Å². The first-order valence-corrected chi connectivity index (χ1v) is 7.82. The Morgan fingerprint density at radius 2 is 1.95 bits per heavy atom. The topological polar surface area (TPSA) is 49.4 Å². The van der Waals surface area contributed by atoms with Gasteiger partial charge in [-0.15, -0.1) is 0 Å². The van der Waals surface area contributed by atoms with E-state index >= 15 is 0 Å². The zero-order chi connectivity index (χ0) is 15.2. The van der Waals surface area contributed by atoms with E-state index in [0.29, 0.717) is 19.4 Å². The largest absolute Gasteiger partial charge is 0.344 e. The normalized spacial score (nSPS) is 20.9. The molecule has 114 valence electrons. The van der Waals surface area contributed by atoms with E-state index in [1.807, 2.05) is 30.0 Å². The number of amides is 2. The van der Waals surface area contributed by atoms with Crippen LogP contribution in [0.15, 0.2) is 30.3 Å². The molecule has 0 saturated carbocycles. The zero-order valence-corrected chi connectivity index (χ0v) is 12.8. The Morgan fingerprint density at radius 1 is 1.24 bits per heavy atom. The van der Waals surface area contributed by atoms with E-state index in [1.165, 1.54) is 0 Å². The maximum absolute atomic E-state index is 12.8. The summed E-state index contributed by atoms with van der Waals surface area (Å²) in [5.41, 5.74) is 1.14. The molecule has 1 saturated heterocycles. The van der Waals surface area contributed by atoms with Crippen LogP contribution < -0.4 is 5.32 Å². The molecule has 1 heterocycles. The van der Waals surface area contributed by atoms with Crippen LogP contribution in [-0.2, 0) is 9.59 Å². The average Bonchev–Trinajstić information content (AvgIpc) is 2.63. The summed E-state index contributed by atoms with van der Waals surface area (Å²) in [6.45, 7) is 4.61. The van der Waals surface area contributed by atoms with Gasteiger partial charge in [0.15, 0.2) is 0 Å². The molecule has 0 radical (unpaired) electrons. The number of carbonyl (C=O) groups is 2. The molecule has 0 spiro atoms. The molecule has 1 aliphatic heterocycles. The Bertz CT molecular complexity index is 487. The van der Waals surface area contributed by atoms with Gasteiger partial charge in [-0.25, -0.2) is 0 Å². The van der Waals surface area contributed by atoms with Crippen molar-refractivity contribution in [2.75, 3.05) is 6.54 Å². The van der Waals surface area contributed by atoms with E-state index in [2.05, 4.69) is 24.4 Å². The first kappa shape index (κ1) is 15.5. The van der Waals surface area contributed by atoms with Crippen LogP contribution in [0.2, 0.25) is 0 Å². The Balaban J connectivity index is 2.26. The van der Waals surface area contributed by atoms with Gasteiger partial charge in [-0.2, -0.15) is 0 Å². The summed E-state index contributed by atoms with van der Waals surface area (Å²) in [7, 11) is 0. The molecule has 0 aliphatic carbocycles. The predicted molar refractivity (Wildman–Crippen MR) is 82.6 cm³/mol. The lowest BCUT2D eigenvalue weighted by Crippen LogP contribution is -2.45. The van der Waals surface area contributed by atoms with Crippen LogP contribution in [0.3, 0.4) is 0 Å². The number of nitrogens with zero attached hydrogens (tertiary/aromatic N) is 1. The minimum Gasteiger partial charge on any atom is -0.344 e. The van der Waals surface area contributed by atoms with Gasteiger partial charge in [0.05, 0.1) is 6.04 Å². The summed E-state index contributed by atoms with van der Waals surface area (Å²) >= 11 is 0. The van der Waals surface area contributed by atoms with Crippen molar-refractivity contribution >= 4 is 11.8 Å². The van der Waals surface area contributed by atoms with E-state index in [4.69, 9.17) is 0 Å². The molecular weight excluding hydrogens is 264 g/mol. The molecule has 1 aromatic rings. The highest BCUT2D eigenvalue weighted by atomic mass is 16.2. The molecule has 4 nitrogen and oxygen atoms in total. The molecule has 21 heavy (non-hydrogen) atoms. The molecule has 2 unspecified atom stereocenters. The smallest absolute Gasteiger partial charge is 0.245 e. The Hall–Kier alpha value is -1.84. The molecule has 0 bridgehead atoms. The summed E-state index contributed by atoms with van der Waals surface area (Å²) < 4.78 is 0. The third-order valence-electron chi connectivity index (χ3n) is 4.02. The second-order valence-electron chi connectivity index (χ2n) is 5.53. The lowest BCUT2D eigenvalue weighted by atomic mass is 10.0. The second-order valence-corrected chi connectivity index (χ2v) is 5.53. The lowest BCUT2D eigenvalue weighted by Gasteiger charge is -2.32. The molecule has 2 atom stereocenters. The lowest BCUT2D eigenvalue weighted by molar-refractivity contribution is -0.136. The number of hydrogen-bond donors (Lipinski definition) is 1.